The summed E-state index contributed by atoms with van der Waals surface area (Å²) in [6.45, 7) is 0.199. The van der Waals surface area contributed by atoms with Crippen LogP contribution in [0.25, 0.3) is 17.1 Å². The number of alkyl halides is 3. The fourth-order valence-corrected chi connectivity index (χ4v) is 3.82. The molecule has 4 rings (SSSR count). The van der Waals surface area contributed by atoms with E-state index >= 15 is 0 Å². The highest BCUT2D eigenvalue weighted by Gasteiger charge is 2.39. The number of nitrogens with zero attached hydrogens (tertiary/aromatic N) is 6. The summed E-state index contributed by atoms with van der Waals surface area (Å²) in [5.41, 5.74) is -0.287. The molecule has 3 heterocycles. The van der Waals surface area contributed by atoms with Crippen LogP contribution >= 0.6 is 23.2 Å². The van der Waals surface area contributed by atoms with Gasteiger partial charge in [0.25, 0.3) is 0 Å². The predicted molar refractivity (Wildman–Crippen MR) is 125 cm³/mol. The van der Waals surface area contributed by atoms with Crippen molar-refractivity contribution in [3.8, 4) is 17.1 Å². The Hall–Kier alpha value is -3.19. The lowest BCUT2D eigenvalue weighted by Crippen LogP contribution is -2.37. The van der Waals surface area contributed by atoms with Gasteiger partial charge in [0.2, 0.25) is 0 Å². The maximum atomic E-state index is 13.1. The van der Waals surface area contributed by atoms with Crippen LogP contribution in [-0.4, -0.2) is 51.4 Å². The van der Waals surface area contributed by atoms with E-state index in [-0.39, 0.29) is 34.7 Å². The second-order valence-corrected chi connectivity index (χ2v) is 8.73. The minimum absolute atomic E-state index is 0.0749. The van der Waals surface area contributed by atoms with Crippen LogP contribution in [0.4, 0.5) is 13.2 Å². The topological polar surface area (TPSA) is 111 Å². The average Bonchev–Trinajstić information content (AvgIpc) is 3.36. The summed E-state index contributed by atoms with van der Waals surface area (Å²) >= 11 is 12.1. The number of aliphatic hydroxyl groups excluding tert-OH is 2. The Labute approximate surface area is 212 Å². The van der Waals surface area contributed by atoms with E-state index < -0.39 is 30.6 Å². The molecule has 1 aromatic carbocycles. The Morgan fingerprint density at radius 1 is 1.11 bits per heavy atom. The highest BCUT2D eigenvalue weighted by atomic mass is 35.5. The molecule has 2 atom stereocenters. The van der Waals surface area contributed by atoms with Crippen LogP contribution in [-0.2, 0) is 13.1 Å². The quantitative estimate of drug-likeness (QED) is 0.369. The molecule has 14 heteroatoms. The van der Waals surface area contributed by atoms with Gasteiger partial charge in [-0.1, -0.05) is 35.3 Å². The van der Waals surface area contributed by atoms with E-state index in [1.54, 1.807) is 24.3 Å². The van der Waals surface area contributed by atoms with Gasteiger partial charge in [0.1, 0.15) is 6.10 Å². The first-order valence-corrected chi connectivity index (χ1v) is 11.3. The molecule has 190 valence electrons. The molecule has 2 unspecified atom stereocenters. The van der Waals surface area contributed by atoms with Crippen molar-refractivity contribution in [1.29, 1.82) is 0 Å². The van der Waals surface area contributed by atoms with Gasteiger partial charge in [-0.05, 0) is 36.8 Å². The van der Waals surface area contributed by atoms with Gasteiger partial charge in [-0.2, -0.15) is 17.9 Å². The normalized spacial score (nSPS) is 13.7. The smallest absolute Gasteiger partial charge is 0.385 e. The first kappa shape index (κ1) is 25.9. The van der Waals surface area contributed by atoms with Crippen molar-refractivity contribution >= 4 is 23.2 Å². The van der Waals surface area contributed by atoms with Gasteiger partial charge in [0, 0.05) is 17.4 Å². The SMILES string of the molecule is CC(O)c1nc(Cn2cc(-c3ccc(Cl)cc3)n(CC(O)C(F)(F)F)c2=O)nn1-c1ncccc1Cl. The number of aromatic nitrogens is 6. The average molecular weight is 543 g/mol. The molecule has 4 aromatic rings. The molecule has 0 aliphatic heterocycles. The largest absolute Gasteiger partial charge is 0.416 e. The summed E-state index contributed by atoms with van der Waals surface area (Å²) < 4.78 is 42.4. The number of hydrogen-bond donors (Lipinski definition) is 2. The number of hydrogen-bond acceptors (Lipinski definition) is 6. The van der Waals surface area contributed by atoms with Crippen LogP contribution < -0.4 is 5.69 Å². The molecule has 2 N–H and O–H groups in total. The Morgan fingerprint density at radius 3 is 2.42 bits per heavy atom. The predicted octanol–water partition coefficient (Wildman–Crippen LogP) is 3.62. The minimum Gasteiger partial charge on any atom is -0.385 e. The van der Waals surface area contributed by atoms with Gasteiger partial charge in [-0.3, -0.25) is 9.13 Å². The summed E-state index contributed by atoms with van der Waals surface area (Å²) in [5.74, 6) is 0.378. The molecule has 3 aromatic heterocycles. The van der Waals surface area contributed by atoms with Crippen molar-refractivity contribution in [2.24, 2.45) is 0 Å². The molecule has 0 fully saturated rings. The van der Waals surface area contributed by atoms with E-state index in [2.05, 4.69) is 15.1 Å². The molecule has 0 aliphatic carbocycles. The lowest BCUT2D eigenvalue weighted by atomic mass is 10.1. The third-order valence-electron chi connectivity index (χ3n) is 5.22. The molecule has 0 saturated carbocycles. The van der Waals surface area contributed by atoms with Crippen LogP contribution in [0.2, 0.25) is 10.0 Å². The van der Waals surface area contributed by atoms with Crippen molar-refractivity contribution < 1.29 is 23.4 Å². The summed E-state index contributed by atoms with van der Waals surface area (Å²) in [6, 6.07) is 9.32. The molecular weight excluding hydrogens is 524 g/mol. The van der Waals surface area contributed by atoms with E-state index in [4.69, 9.17) is 23.2 Å². The molecule has 36 heavy (non-hydrogen) atoms. The number of benzene rings is 1. The van der Waals surface area contributed by atoms with E-state index in [0.29, 0.717) is 10.6 Å². The van der Waals surface area contributed by atoms with Crippen LogP contribution in [0.1, 0.15) is 24.7 Å². The van der Waals surface area contributed by atoms with Crippen molar-refractivity contribution in [3.05, 3.63) is 81.0 Å². The Morgan fingerprint density at radius 2 is 1.81 bits per heavy atom. The van der Waals surface area contributed by atoms with Crippen LogP contribution in [0.15, 0.2) is 53.6 Å². The minimum atomic E-state index is -4.92. The van der Waals surface area contributed by atoms with Gasteiger partial charge in [-0.15, -0.1) is 5.10 Å². The monoisotopic (exact) mass is 542 g/mol. The fraction of sp³-hybridized carbons (Fsp3) is 0.273. The van der Waals surface area contributed by atoms with E-state index in [1.165, 1.54) is 36.1 Å². The molecule has 0 spiro atoms. The third-order valence-corrected chi connectivity index (χ3v) is 5.77. The molecule has 0 saturated heterocycles. The zero-order valence-electron chi connectivity index (χ0n) is 18.6. The molecule has 0 aliphatic rings. The zero-order chi connectivity index (χ0) is 26.2. The van der Waals surface area contributed by atoms with Gasteiger partial charge in [0.05, 0.1) is 23.8 Å². The Kier molecular flexibility index (Phi) is 7.23. The van der Waals surface area contributed by atoms with Crippen molar-refractivity contribution in [1.82, 2.24) is 28.9 Å². The lowest BCUT2D eigenvalue weighted by Gasteiger charge is -2.16. The second-order valence-electron chi connectivity index (χ2n) is 7.88. The molecule has 0 amide bonds. The first-order chi connectivity index (χ1) is 17.0. The van der Waals surface area contributed by atoms with Gasteiger partial charge >= 0.3 is 11.9 Å². The number of rotatable bonds is 7. The highest BCUT2D eigenvalue weighted by molar-refractivity contribution is 6.32. The third kappa shape index (κ3) is 5.31. The molecule has 0 radical (unpaired) electrons. The van der Waals surface area contributed by atoms with E-state index in [0.717, 1.165) is 9.13 Å². The van der Waals surface area contributed by atoms with Gasteiger partial charge in [-0.25, -0.2) is 14.8 Å². The van der Waals surface area contributed by atoms with Gasteiger partial charge in [0.15, 0.2) is 23.6 Å². The van der Waals surface area contributed by atoms with Crippen molar-refractivity contribution in [2.75, 3.05) is 0 Å². The van der Waals surface area contributed by atoms with Crippen molar-refractivity contribution in [3.63, 3.8) is 0 Å². The fourth-order valence-electron chi connectivity index (χ4n) is 3.50. The maximum Gasteiger partial charge on any atom is 0.416 e. The molecule has 0 bridgehead atoms. The van der Waals surface area contributed by atoms with Crippen molar-refractivity contribution in [2.45, 2.75) is 38.4 Å². The summed E-state index contributed by atoms with van der Waals surface area (Å²) in [7, 11) is 0. The number of halogens is 5. The Bertz CT molecular complexity index is 1430. The van der Waals surface area contributed by atoms with Crippen LogP contribution in [0.5, 0.6) is 0 Å². The second kappa shape index (κ2) is 10.1. The van der Waals surface area contributed by atoms with E-state index in [1.807, 2.05) is 0 Å². The molecular formula is C22H19Cl2F3N6O3. The lowest BCUT2D eigenvalue weighted by molar-refractivity contribution is -0.207. The first-order valence-electron chi connectivity index (χ1n) is 10.5. The molecule has 9 nitrogen and oxygen atoms in total. The number of aliphatic hydroxyl groups is 2. The number of imidazole rings is 1. The Balaban J connectivity index is 1.78. The highest BCUT2D eigenvalue weighted by Crippen LogP contribution is 2.26. The summed E-state index contributed by atoms with van der Waals surface area (Å²) in [6.07, 6.45) is -5.94. The van der Waals surface area contributed by atoms with Gasteiger partial charge < -0.3 is 10.2 Å². The standard InChI is InChI=1S/C22H19Cl2F3N6O3/c1-12(34)19-29-18(30-33(19)20-15(24)3-2-8-28-20)11-31-9-16(13-4-6-14(23)7-5-13)32(21(31)36)10-17(35)22(25,26)27/h2-9,12,17,34-35H,10-11H2,1H3. The van der Waals surface area contributed by atoms with Crippen LogP contribution in [0.3, 0.4) is 0 Å². The summed E-state index contributed by atoms with van der Waals surface area (Å²) in [5, 5.41) is 24.8. The van der Waals surface area contributed by atoms with E-state index in [9.17, 15) is 28.2 Å². The number of pyridine rings is 1. The maximum absolute atomic E-state index is 13.1. The zero-order valence-corrected chi connectivity index (χ0v) is 20.1. The van der Waals surface area contributed by atoms with Crippen LogP contribution in [0, 0.1) is 0 Å². The summed E-state index contributed by atoms with van der Waals surface area (Å²) in [4.78, 5) is 21.5.